The molecule has 5 nitrogen and oxygen atoms in total. The van der Waals surface area contributed by atoms with E-state index in [4.69, 9.17) is 9.47 Å². The Morgan fingerprint density at radius 3 is 2.42 bits per heavy atom. The Hall–Kier alpha value is -2.33. The molecule has 1 saturated heterocycles. The summed E-state index contributed by atoms with van der Waals surface area (Å²) >= 11 is 4.98. The molecule has 1 aliphatic heterocycles. The number of carboxylic acid groups (broad SMARTS) is 1. The molecule has 0 saturated carbocycles. The van der Waals surface area contributed by atoms with E-state index in [1.807, 2.05) is 23.6 Å². The van der Waals surface area contributed by atoms with Gasteiger partial charge in [0.2, 0.25) is 0 Å². The van der Waals surface area contributed by atoms with Crippen LogP contribution in [0.3, 0.4) is 0 Å². The first-order valence-electron chi connectivity index (χ1n) is 9.58. The van der Waals surface area contributed by atoms with E-state index in [1.54, 1.807) is 46.1 Å². The maximum atomic E-state index is 11.2. The number of aliphatic hydroxyl groups excluding tert-OH is 1. The molecule has 0 amide bonds. The SMILES string of the molecule is O=C(O)c1ccc(-c2cc(-c3cc(COC4CO4)cs3)sc2-c2cc(CO)cs2)cc1. The first-order chi connectivity index (χ1) is 15.1. The lowest BCUT2D eigenvalue weighted by atomic mass is 10.0. The van der Waals surface area contributed by atoms with Gasteiger partial charge in [0.05, 0.1) is 23.7 Å². The summed E-state index contributed by atoms with van der Waals surface area (Å²) in [4.78, 5) is 15.7. The van der Waals surface area contributed by atoms with Crippen LogP contribution in [0.4, 0.5) is 0 Å². The number of hydrogen-bond donors (Lipinski definition) is 2. The number of aromatic carboxylic acids is 1. The highest BCUT2D eigenvalue weighted by Gasteiger charge is 2.23. The lowest BCUT2D eigenvalue weighted by Crippen LogP contribution is -1.94. The fourth-order valence-electron chi connectivity index (χ4n) is 3.19. The van der Waals surface area contributed by atoms with Gasteiger partial charge < -0.3 is 19.7 Å². The minimum Gasteiger partial charge on any atom is -0.478 e. The number of aliphatic hydroxyl groups is 1. The molecule has 158 valence electrons. The Kier molecular flexibility index (Phi) is 5.75. The highest BCUT2D eigenvalue weighted by molar-refractivity contribution is 7.26. The molecule has 0 spiro atoms. The summed E-state index contributed by atoms with van der Waals surface area (Å²) in [5.74, 6) is -0.937. The van der Waals surface area contributed by atoms with Crippen LogP contribution in [0.15, 0.2) is 53.2 Å². The van der Waals surface area contributed by atoms with Gasteiger partial charge >= 0.3 is 5.97 Å². The number of rotatable bonds is 8. The zero-order valence-corrected chi connectivity index (χ0v) is 18.7. The molecule has 0 aliphatic carbocycles. The Labute approximate surface area is 190 Å². The van der Waals surface area contributed by atoms with Crippen LogP contribution in [0.5, 0.6) is 0 Å². The monoisotopic (exact) mass is 470 g/mol. The Balaban J connectivity index is 1.52. The van der Waals surface area contributed by atoms with Crippen molar-refractivity contribution in [2.75, 3.05) is 6.61 Å². The van der Waals surface area contributed by atoms with Crippen LogP contribution in [0, 0.1) is 0 Å². The van der Waals surface area contributed by atoms with Gasteiger partial charge in [0, 0.05) is 20.2 Å². The molecule has 1 unspecified atom stereocenters. The van der Waals surface area contributed by atoms with Gasteiger partial charge in [-0.15, -0.1) is 34.0 Å². The summed E-state index contributed by atoms with van der Waals surface area (Å²) in [7, 11) is 0. The van der Waals surface area contributed by atoms with Gasteiger partial charge in [0.25, 0.3) is 0 Å². The number of epoxide rings is 1. The lowest BCUT2D eigenvalue weighted by Gasteiger charge is -2.03. The highest BCUT2D eigenvalue weighted by atomic mass is 32.1. The number of ether oxygens (including phenoxy) is 2. The predicted molar refractivity (Wildman–Crippen MR) is 124 cm³/mol. The second-order valence-corrected chi connectivity index (χ2v) is 9.98. The quantitative estimate of drug-likeness (QED) is 0.312. The van der Waals surface area contributed by atoms with E-state index >= 15 is 0 Å². The van der Waals surface area contributed by atoms with Crippen LogP contribution in [-0.4, -0.2) is 29.1 Å². The third kappa shape index (κ3) is 4.50. The van der Waals surface area contributed by atoms with Crippen molar-refractivity contribution >= 4 is 40.0 Å². The van der Waals surface area contributed by atoms with Gasteiger partial charge in [-0.3, -0.25) is 0 Å². The van der Waals surface area contributed by atoms with Crippen molar-refractivity contribution in [3.63, 3.8) is 0 Å². The molecule has 31 heavy (non-hydrogen) atoms. The van der Waals surface area contributed by atoms with E-state index in [-0.39, 0.29) is 18.5 Å². The van der Waals surface area contributed by atoms with E-state index in [0.717, 1.165) is 41.8 Å². The standard InChI is InChI=1S/C23H18O5S3/c24-8-13-5-20(30-11-13)22-17(15-1-3-16(4-2-15)23(25)26)7-19(31-22)18-6-14(12-29-18)9-27-21-10-28-21/h1-7,11-12,21,24H,8-10H2,(H,25,26). The summed E-state index contributed by atoms with van der Waals surface area (Å²) in [6.07, 6.45) is -0.0587. The molecule has 0 radical (unpaired) electrons. The van der Waals surface area contributed by atoms with E-state index in [1.165, 1.54) is 0 Å². The zero-order valence-electron chi connectivity index (χ0n) is 16.2. The molecular weight excluding hydrogens is 452 g/mol. The first kappa shape index (κ1) is 20.6. The van der Waals surface area contributed by atoms with Crippen LogP contribution in [0.1, 0.15) is 21.5 Å². The van der Waals surface area contributed by atoms with E-state index < -0.39 is 5.97 Å². The summed E-state index contributed by atoms with van der Waals surface area (Å²) < 4.78 is 10.7. The van der Waals surface area contributed by atoms with E-state index in [9.17, 15) is 15.0 Å². The normalized spacial score (nSPS) is 15.3. The van der Waals surface area contributed by atoms with Crippen LogP contribution in [0.25, 0.3) is 30.6 Å². The molecule has 0 bridgehead atoms. The molecular formula is C23H18O5S3. The van der Waals surface area contributed by atoms with Gasteiger partial charge in [0.1, 0.15) is 6.61 Å². The molecule has 4 aromatic rings. The molecule has 1 atom stereocenters. The number of carboxylic acids is 1. The molecule has 1 aliphatic rings. The number of thiophene rings is 3. The molecule has 1 fully saturated rings. The minimum absolute atomic E-state index is 0.0103. The van der Waals surface area contributed by atoms with Crippen LogP contribution >= 0.6 is 34.0 Å². The van der Waals surface area contributed by atoms with Crippen molar-refractivity contribution in [1.82, 2.24) is 0 Å². The van der Waals surface area contributed by atoms with Gasteiger partial charge in [-0.05, 0) is 57.8 Å². The van der Waals surface area contributed by atoms with E-state index in [0.29, 0.717) is 13.2 Å². The molecule has 5 rings (SSSR count). The molecule has 2 N–H and O–H groups in total. The molecule has 4 heterocycles. The summed E-state index contributed by atoms with van der Waals surface area (Å²) in [6, 6.07) is 13.3. The van der Waals surface area contributed by atoms with Gasteiger partial charge in [0.15, 0.2) is 6.29 Å². The Bertz CT molecular complexity index is 1210. The zero-order chi connectivity index (χ0) is 21.4. The smallest absolute Gasteiger partial charge is 0.335 e. The van der Waals surface area contributed by atoms with Gasteiger partial charge in [-0.1, -0.05) is 12.1 Å². The second-order valence-electron chi connectivity index (χ2n) is 7.11. The first-order valence-corrected chi connectivity index (χ1v) is 12.2. The van der Waals surface area contributed by atoms with Crippen molar-refractivity contribution in [3.05, 3.63) is 69.9 Å². The van der Waals surface area contributed by atoms with Crippen LogP contribution < -0.4 is 0 Å². The maximum absolute atomic E-state index is 11.2. The third-order valence-corrected chi connectivity index (χ3v) is 8.34. The average molecular weight is 471 g/mol. The Morgan fingerprint density at radius 2 is 1.74 bits per heavy atom. The minimum atomic E-state index is -0.937. The van der Waals surface area contributed by atoms with Crippen LogP contribution in [0.2, 0.25) is 0 Å². The third-order valence-electron chi connectivity index (χ3n) is 4.87. The fourth-order valence-corrected chi connectivity index (χ4v) is 6.39. The molecule has 8 heteroatoms. The molecule has 3 aromatic heterocycles. The summed E-state index contributed by atoms with van der Waals surface area (Å²) in [5.41, 5.74) is 4.30. The lowest BCUT2D eigenvalue weighted by molar-refractivity contribution is 0.0387. The van der Waals surface area contributed by atoms with Crippen LogP contribution in [-0.2, 0) is 22.7 Å². The van der Waals surface area contributed by atoms with Crippen molar-refractivity contribution in [1.29, 1.82) is 0 Å². The molecule has 1 aromatic carbocycles. The summed E-state index contributed by atoms with van der Waals surface area (Å²) in [5, 5.41) is 22.8. The Morgan fingerprint density at radius 1 is 1.03 bits per heavy atom. The van der Waals surface area contributed by atoms with E-state index in [2.05, 4.69) is 17.5 Å². The van der Waals surface area contributed by atoms with Crippen molar-refractivity contribution in [3.8, 4) is 30.6 Å². The van der Waals surface area contributed by atoms with Crippen molar-refractivity contribution in [2.45, 2.75) is 19.5 Å². The topological polar surface area (TPSA) is 79.3 Å². The van der Waals surface area contributed by atoms with Crippen molar-refractivity contribution < 1.29 is 24.5 Å². The number of hydrogen-bond acceptors (Lipinski definition) is 7. The second kappa shape index (κ2) is 8.66. The number of benzene rings is 1. The van der Waals surface area contributed by atoms with Gasteiger partial charge in [-0.2, -0.15) is 0 Å². The van der Waals surface area contributed by atoms with Crippen molar-refractivity contribution in [2.24, 2.45) is 0 Å². The maximum Gasteiger partial charge on any atom is 0.335 e. The highest BCUT2D eigenvalue weighted by Crippen LogP contribution is 2.46. The largest absolute Gasteiger partial charge is 0.478 e. The number of carbonyl (C=O) groups is 1. The predicted octanol–water partition coefficient (Wildman–Crippen LogP) is 5.94. The van der Waals surface area contributed by atoms with Gasteiger partial charge in [-0.25, -0.2) is 4.79 Å². The average Bonchev–Trinajstić information content (AvgIpc) is 3.18. The fraction of sp³-hybridized carbons (Fsp3) is 0.174. The summed E-state index contributed by atoms with van der Waals surface area (Å²) in [6.45, 7) is 1.22.